The largest absolute Gasteiger partial charge is 0.463 e. The van der Waals surface area contributed by atoms with Gasteiger partial charge in [-0.15, -0.1) is 26.3 Å². The van der Waals surface area contributed by atoms with Gasteiger partial charge in [-0.25, -0.2) is 38.4 Å². The van der Waals surface area contributed by atoms with Crippen LogP contribution in [0.3, 0.4) is 0 Å². The molecule has 0 bridgehead atoms. The van der Waals surface area contributed by atoms with Crippen molar-refractivity contribution in [1.82, 2.24) is 0 Å². The van der Waals surface area contributed by atoms with Gasteiger partial charge in [0.2, 0.25) is 0 Å². The third kappa shape index (κ3) is 108. The Labute approximate surface area is 799 Å². The van der Waals surface area contributed by atoms with Crippen molar-refractivity contribution in [3.05, 3.63) is 172 Å². The number of carbonyl (C=O) groups is 8. The molecule has 0 saturated heterocycles. The van der Waals surface area contributed by atoms with Crippen molar-refractivity contribution in [3.63, 3.8) is 0 Å². The van der Waals surface area contributed by atoms with Gasteiger partial charge in [0.05, 0.1) is 52.9 Å². The first kappa shape index (κ1) is 138. The number of ether oxygens (including phenoxy) is 8. The van der Waals surface area contributed by atoms with Crippen LogP contribution >= 0.6 is 0 Å². The molecule has 0 aromatic heterocycles. The summed E-state index contributed by atoms with van der Waals surface area (Å²) in [4.78, 5) is 87.5. The Morgan fingerprint density at radius 1 is 0.254 bits per heavy atom. The molecular weight excluding hydrogens is 1710 g/mol. The molecule has 6 atom stereocenters. The number of hydrogen-bond donors (Lipinski definition) is 0. The molecule has 0 aromatic carbocycles. The zero-order valence-electron chi connectivity index (χ0n) is 87.7. The Morgan fingerprint density at radius 3 is 0.723 bits per heavy atom. The molecule has 20 nitrogen and oxygen atoms in total. The third-order valence-electron chi connectivity index (χ3n) is 20.2. The van der Waals surface area contributed by atoms with Crippen LogP contribution in [0.15, 0.2) is 172 Å². The van der Waals surface area contributed by atoms with Gasteiger partial charge in [-0.2, -0.15) is 0 Å². The highest BCUT2D eigenvalue weighted by Crippen LogP contribution is 2.25. The van der Waals surface area contributed by atoms with Crippen molar-refractivity contribution in [1.29, 1.82) is 0 Å². The van der Waals surface area contributed by atoms with E-state index in [2.05, 4.69) is 228 Å². The number of rotatable bonds is 66. The van der Waals surface area contributed by atoms with Gasteiger partial charge in [0.15, 0.2) is 33.3 Å². The standard InChI is InChI=1S/C15H26O2.2C14H26O3Si.C14H24O2.C13H24O3Si.C13H22O2.C12H22O2.C11H22O3Si/c1-11(2)14(6)8-7-13(5)9-10-17-15(16)12(3)4;1-12(2)8-7-11-18(5,6)17-10-9-16-14(15)13(3)4;1-7-14(15)16-9-10-17-18(5,6)11-8-13(4)12(2)3;1-11(2)7-6-8-13(5)9-10-16-14(15)12(3)4;1-6-13(14)15-9-10-16-17(4,5)11-7-8-12(2)3;1-5-13(14)15-10-9-12(4)8-6-7-11(2)3;1-5-6-7-11(4)8-9-14-12(13)10(2)3;1-5-7-10-15(3,4)14-9-8-13-11(12)6-2/h13-14H,1,3,7-10H2,2,4-6H3;1,3,7-11H2,2,4-6H3;7,13H,1-2,8-11H2,3-6H3;13H,1,3,6-10H2,2,4-5H3;6H,1-2,7-11H2,3-5H3;5,12H,1-2,6-10H2,3-4H3;11H,2,5-9H2,1,3-4H3;6H,2,5,7-10H2,1,3-4H3. The minimum Gasteiger partial charge on any atom is -0.463 e. The summed E-state index contributed by atoms with van der Waals surface area (Å²) in [6.45, 7) is 110. The Morgan fingerprint density at radius 2 is 0.469 bits per heavy atom. The second-order valence-corrected chi connectivity index (χ2v) is 54.6. The molecule has 0 aromatic rings. The van der Waals surface area contributed by atoms with Crippen molar-refractivity contribution in [2.45, 2.75) is 342 Å². The summed E-state index contributed by atoms with van der Waals surface area (Å²) in [5.41, 5.74) is 9.21. The van der Waals surface area contributed by atoms with Gasteiger partial charge in [-0.05, 0) is 271 Å². The molecule has 0 N–H and O–H groups in total. The van der Waals surface area contributed by atoms with E-state index < -0.39 is 45.2 Å². The van der Waals surface area contributed by atoms with Crippen LogP contribution in [0, 0.1) is 35.5 Å². The zero-order valence-corrected chi connectivity index (χ0v) is 91.7. The lowest BCUT2D eigenvalue weighted by Crippen LogP contribution is -2.32. The second kappa shape index (κ2) is 87.2. The van der Waals surface area contributed by atoms with Crippen LogP contribution in [0.1, 0.15) is 266 Å². The maximum Gasteiger partial charge on any atom is 0.333 e. The zero-order chi connectivity index (χ0) is 102. The molecule has 752 valence electrons. The van der Waals surface area contributed by atoms with Crippen LogP contribution in [-0.2, 0) is 94.0 Å². The lowest BCUT2D eigenvalue weighted by atomic mass is 9.92. The van der Waals surface area contributed by atoms with Gasteiger partial charge in [0, 0.05) is 46.6 Å². The number of hydrogen-bond acceptors (Lipinski definition) is 20. The Hall–Kier alpha value is -7.17. The maximum atomic E-state index is 11.1. The molecule has 0 spiro atoms. The van der Waals surface area contributed by atoms with Gasteiger partial charge in [-0.1, -0.05) is 206 Å². The molecule has 0 aliphatic heterocycles. The van der Waals surface area contributed by atoms with Crippen LogP contribution < -0.4 is 0 Å². The lowest BCUT2D eigenvalue weighted by molar-refractivity contribution is -0.140. The SMILES string of the molecule is C=C(C)C(=O)OCCC(C)CCC(C)C(=C)C.C=C(C)C(=O)OCCC(C)CCCC.C=C(C)CCCC(C)CCOC(=O)C(=C)C.C=C(C)CCC[Si](C)(C)OCCOC(=O)C(=C)C.C=CC(=O)OCCC(C)CCCC(=C)C.C=CC(=O)OCCO[Si](C)(C)CCC(C)C(=C)C.C=CC(=O)OCCO[Si](C)(C)CCCC.C=CC(=O)OCCO[Si](C)(C)CCCC(=C)C. The molecule has 0 aliphatic carbocycles. The van der Waals surface area contributed by atoms with Gasteiger partial charge in [0.25, 0.3) is 0 Å². The molecule has 0 amide bonds. The first-order valence-corrected chi connectivity index (χ1v) is 59.7. The number of allylic oxidation sites excluding steroid dienone is 6. The van der Waals surface area contributed by atoms with E-state index in [1.807, 2.05) is 13.8 Å². The Bertz CT molecular complexity index is 3290. The quantitative estimate of drug-likeness (QED) is 0.0137. The van der Waals surface area contributed by atoms with Crippen molar-refractivity contribution >= 4 is 81.0 Å². The fraction of sp³-hybridized carbons (Fsp3) is 0.660. The molecular formula is C106H192O20Si4. The molecule has 0 radical (unpaired) electrons. The first-order chi connectivity index (χ1) is 60.3. The van der Waals surface area contributed by atoms with Crippen LogP contribution in [0.5, 0.6) is 0 Å². The maximum absolute atomic E-state index is 11.1. The number of unbranched alkanes of at least 4 members (excludes halogenated alkanes) is 2. The normalized spacial score (nSPS) is 12.0. The molecule has 0 saturated carbocycles. The molecule has 0 fully saturated rings. The van der Waals surface area contributed by atoms with E-state index in [1.165, 1.54) is 103 Å². The average Bonchev–Trinajstić information content (AvgIpc) is 0.921. The highest BCUT2D eigenvalue weighted by molar-refractivity contribution is 6.72. The Balaban J connectivity index is -0.000000218. The van der Waals surface area contributed by atoms with Crippen LogP contribution in [0.4, 0.5) is 0 Å². The van der Waals surface area contributed by atoms with Crippen molar-refractivity contribution in [2.24, 2.45) is 35.5 Å². The summed E-state index contributed by atoms with van der Waals surface area (Å²) in [5.74, 6) is 0.853. The highest BCUT2D eigenvalue weighted by Gasteiger charge is 2.26. The molecule has 130 heavy (non-hydrogen) atoms. The van der Waals surface area contributed by atoms with E-state index >= 15 is 0 Å². The molecule has 24 heteroatoms. The fourth-order valence-corrected chi connectivity index (χ4v) is 18.2. The molecule has 0 heterocycles. The van der Waals surface area contributed by atoms with E-state index in [-0.39, 0.29) is 35.8 Å². The monoisotopic (exact) mass is 1900 g/mol. The minimum absolute atomic E-state index is 0.271. The summed E-state index contributed by atoms with van der Waals surface area (Å²) in [6.07, 6.45) is 29.2. The predicted octanol–water partition coefficient (Wildman–Crippen LogP) is 28.1. The van der Waals surface area contributed by atoms with Crippen LogP contribution in [-0.4, -0.2) is 160 Å². The van der Waals surface area contributed by atoms with E-state index in [9.17, 15) is 38.4 Å². The van der Waals surface area contributed by atoms with Gasteiger partial charge in [0.1, 0.15) is 26.4 Å². The molecule has 6 unspecified atom stereocenters. The number of esters is 8. The smallest absolute Gasteiger partial charge is 0.333 e. The third-order valence-corrected chi connectivity index (χ3v) is 30.3. The van der Waals surface area contributed by atoms with Gasteiger partial charge in [-0.3, -0.25) is 0 Å². The van der Waals surface area contributed by atoms with Crippen molar-refractivity contribution in [2.75, 3.05) is 79.3 Å². The van der Waals surface area contributed by atoms with Crippen LogP contribution in [0.2, 0.25) is 76.6 Å². The second-order valence-electron chi connectivity index (χ2n) is 37.3. The lowest BCUT2D eigenvalue weighted by Gasteiger charge is -2.24. The van der Waals surface area contributed by atoms with Gasteiger partial charge < -0.3 is 55.6 Å². The summed E-state index contributed by atoms with van der Waals surface area (Å²) in [6, 6.07) is 4.47. The molecule has 0 aliphatic rings. The summed E-state index contributed by atoms with van der Waals surface area (Å²) in [7, 11) is -6.41. The topological polar surface area (TPSA) is 247 Å². The number of carbonyl (C=O) groups excluding carboxylic acids is 8. The van der Waals surface area contributed by atoms with Gasteiger partial charge >= 0.3 is 47.8 Å². The first-order valence-electron chi connectivity index (χ1n) is 47.2. The van der Waals surface area contributed by atoms with E-state index in [0.717, 1.165) is 120 Å². The van der Waals surface area contributed by atoms with E-state index in [1.54, 1.807) is 27.7 Å². The summed E-state index contributed by atoms with van der Waals surface area (Å²) < 4.78 is 62.9. The van der Waals surface area contributed by atoms with Crippen molar-refractivity contribution < 1.29 is 94.0 Å². The highest BCUT2D eigenvalue weighted by atomic mass is 28.4. The molecule has 0 rings (SSSR count). The average molecular weight is 1900 g/mol. The fourth-order valence-electron chi connectivity index (χ4n) is 10.7. The summed E-state index contributed by atoms with van der Waals surface area (Å²) >= 11 is 0. The minimum atomic E-state index is -1.65. The predicted molar refractivity (Wildman–Crippen MR) is 557 cm³/mol. The van der Waals surface area contributed by atoms with E-state index in [0.29, 0.717) is 137 Å². The Kier molecular flexibility index (Phi) is 92.7. The van der Waals surface area contributed by atoms with Crippen LogP contribution in [0.25, 0.3) is 0 Å². The summed E-state index contributed by atoms with van der Waals surface area (Å²) in [5, 5.41) is 0. The van der Waals surface area contributed by atoms with Crippen molar-refractivity contribution in [3.8, 4) is 0 Å². The van der Waals surface area contributed by atoms with E-state index in [4.69, 9.17) is 55.6 Å².